The molecule has 164 valence electrons. The van der Waals surface area contributed by atoms with E-state index in [0.29, 0.717) is 11.4 Å². The maximum Gasteiger partial charge on any atom is 0.319 e. The number of aryl methyl sites for hydroxylation is 1. The van der Waals surface area contributed by atoms with E-state index in [0.717, 1.165) is 31.5 Å². The number of thiophene rings is 1. The van der Waals surface area contributed by atoms with Gasteiger partial charge in [-0.15, -0.1) is 11.3 Å². The number of hydrogen-bond donors (Lipinski definition) is 2. The molecule has 31 heavy (non-hydrogen) atoms. The van der Waals surface area contributed by atoms with Crippen molar-refractivity contribution in [2.45, 2.75) is 39.3 Å². The number of benzene rings is 1. The molecule has 0 radical (unpaired) electrons. The van der Waals surface area contributed by atoms with Gasteiger partial charge in [0.15, 0.2) is 0 Å². The summed E-state index contributed by atoms with van der Waals surface area (Å²) in [7, 11) is 3.77. The first-order valence-corrected chi connectivity index (χ1v) is 11.5. The summed E-state index contributed by atoms with van der Waals surface area (Å²) in [6.07, 6.45) is 5.97. The topological polar surface area (TPSA) is 58.5 Å². The number of carbonyl (C=O) groups excluding carboxylic acids is 1. The number of urea groups is 1. The van der Waals surface area contributed by atoms with E-state index in [2.05, 4.69) is 46.5 Å². The van der Waals surface area contributed by atoms with E-state index >= 15 is 0 Å². The van der Waals surface area contributed by atoms with Crippen molar-refractivity contribution in [3.05, 3.63) is 64.3 Å². The molecule has 2 N–H and O–H groups in total. The summed E-state index contributed by atoms with van der Waals surface area (Å²) in [5.41, 5.74) is 4.38. The third kappa shape index (κ3) is 4.48. The second-order valence-electron chi connectivity index (χ2n) is 8.06. The van der Waals surface area contributed by atoms with E-state index in [1.54, 1.807) is 7.11 Å². The molecule has 3 heterocycles. The SMILES string of the molecule is CC[C@@H](NC(=O)Nc1cc(C)ccc1OC)c1c(-n2cccc2)sc2c1CCN(C)C2. The smallest absolute Gasteiger partial charge is 0.319 e. The number of hydrogen-bond acceptors (Lipinski definition) is 4. The molecule has 0 unspecified atom stereocenters. The van der Waals surface area contributed by atoms with E-state index in [4.69, 9.17) is 4.74 Å². The Morgan fingerprint density at radius 1 is 1.29 bits per heavy atom. The molecular weight excluding hydrogens is 408 g/mol. The van der Waals surface area contributed by atoms with Crippen LogP contribution in [-0.2, 0) is 13.0 Å². The summed E-state index contributed by atoms with van der Waals surface area (Å²) in [6, 6.07) is 9.55. The Kier molecular flexibility index (Phi) is 6.34. The molecule has 7 heteroatoms. The van der Waals surface area contributed by atoms with Crippen LogP contribution in [-0.4, -0.2) is 36.2 Å². The van der Waals surface area contributed by atoms with Crippen molar-refractivity contribution in [2.24, 2.45) is 0 Å². The molecule has 1 atom stereocenters. The zero-order valence-electron chi connectivity index (χ0n) is 18.6. The molecule has 1 aliphatic rings. The van der Waals surface area contributed by atoms with E-state index in [9.17, 15) is 4.79 Å². The standard InChI is InChI=1S/C24H30N4O2S/c1-5-18(25-24(29)26-19-14-16(2)8-9-20(19)30-4)22-17-10-13-27(3)15-21(17)31-23(22)28-11-6-7-12-28/h6-9,11-12,14,18H,5,10,13,15H2,1-4H3,(H2,25,26,29)/t18-/m1/s1. The van der Waals surface area contributed by atoms with Gasteiger partial charge < -0.3 is 24.8 Å². The quantitative estimate of drug-likeness (QED) is 0.562. The van der Waals surface area contributed by atoms with Gasteiger partial charge in [0.2, 0.25) is 0 Å². The van der Waals surface area contributed by atoms with Crippen LogP contribution in [0.15, 0.2) is 42.7 Å². The van der Waals surface area contributed by atoms with Crippen LogP contribution in [0.1, 0.15) is 41.0 Å². The minimum absolute atomic E-state index is 0.0726. The highest BCUT2D eigenvalue weighted by Gasteiger charge is 2.28. The Hall–Kier alpha value is -2.77. The molecule has 0 aliphatic carbocycles. The van der Waals surface area contributed by atoms with Gasteiger partial charge in [0.05, 0.1) is 18.8 Å². The lowest BCUT2D eigenvalue weighted by Gasteiger charge is -2.25. The molecule has 0 saturated heterocycles. The fourth-order valence-electron chi connectivity index (χ4n) is 4.18. The molecule has 1 aromatic carbocycles. The number of fused-ring (bicyclic) bond motifs is 1. The largest absolute Gasteiger partial charge is 0.495 e. The monoisotopic (exact) mass is 438 g/mol. The van der Waals surface area contributed by atoms with Gasteiger partial charge in [0, 0.05) is 35.9 Å². The minimum Gasteiger partial charge on any atom is -0.495 e. The first-order valence-electron chi connectivity index (χ1n) is 10.7. The Balaban J connectivity index is 1.63. The van der Waals surface area contributed by atoms with Crippen molar-refractivity contribution in [3.8, 4) is 10.8 Å². The maximum absolute atomic E-state index is 13.0. The lowest BCUT2D eigenvalue weighted by Crippen LogP contribution is -2.34. The van der Waals surface area contributed by atoms with Crippen molar-refractivity contribution in [1.82, 2.24) is 14.8 Å². The summed E-state index contributed by atoms with van der Waals surface area (Å²) < 4.78 is 7.58. The highest BCUT2D eigenvalue weighted by atomic mass is 32.1. The summed E-state index contributed by atoms with van der Waals surface area (Å²) in [5.74, 6) is 0.651. The van der Waals surface area contributed by atoms with Gasteiger partial charge in [-0.3, -0.25) is 0 Å². The molecule has 0 saturated carbocycles. The van der Waals surface area contributed by atoms with Gasteiger partial charge in [-0.1, -0.05) is 13.0 Å². The number of carbonyl (C=O) groups is 1. The van der Waals surface area contributed by atoms with Gasteiger partial charge in [-0.25, -0.2) is 4.79 Å². The molecule has 4 rings (SSSR count). The second kappa shape index (κ2) is 9.16. The summed E-state index contributed by atoms with van der Waals surface area (Å²) in [5, 5.41) is 7.41. The fourth-order valence-corrected chi connectivity index (χ4v) is 5.63. The Bertz CT molecular complexity index is 1060. The zero-order valence-corrected chi connectivity index (χ0v) is 19.4. The number of aromatic nitrogens is 1. The Morgan fingerprint density at radius 3 is 2.77 bits per heavy atom. The average Bonchev–Trinajstić information content (AvgIpc) is 3.39. The first kappa shape index (κ1) is 21.5. The Morgan fingerprint density at radius 2 is 2.06 bits per heavy atom. The van der Waals surface area contributed by atoms with Gasteiger partial charge in [-0.05, 0) is 62.2 Å². The maximum atomic E-state index is 13.0. The lowest BCUT2D eigenvalue weighted by atomic mass is 9.96. The molecule has 3 aromatic rings. The van der Waals surface area contributed by atoms with Crippen molar-refractivity contribution in [2.75, 3.05) is 26.0 Å². The van der Waals surface area contributed by atoms with Crippen LogP contribution in [0.25, 0.3) is 5.00 Å². The number of ether oxygens (including phenoxy) is 1. The summed E-state index contributed by atoms with van der Waals surface area (Å²) >= 11 is 1.84. The van der Waals surface area contributed by atoms with Crippen molar-refractivity contribution >= 4 is 23.1 Å². The third-order valence-corrected chi connectivity index (χ3v) is 7.02. The predicted octanol–water partition coefficient (Wildman–Crippen LogP) is 5.12. The van der Waals surface area contributed by atoms with Crippen LogP contribution >= 0.6 is 11.3 Å². The molecule has 2 aromatic heterocycles. The number of methoxy groups -OCH3 is 1. The van der Waals surface area contributed by atoms with Crippen LogP contribution in [0.5, 0.6) is 5.75 Å². The van der Waals surface area contributed by atoms with Gasteiger partial charge in [-0.2, -0.15) is 0 Å². The highest BCUT2D eigenvalue weighted by molar-refractivity contribution is 7.15. The number of likely N-dealkylation sites (N-methyl/N-ethyl adjacent to an activating group) is 1. The van der Waals surface area contributed by atoms with Crippen molar-refractivity contribution < 1.29 is 9.53 Å². The molecule has 0 spiro atoms. The van der Waals surface area contributed by atoms with Crippen LogP contribution in [0.4, 0.5) is 10.5 Å². The number of amides is 2. The third-order valence-electron chi connectivity index (χ3n) is 5.77. The highest BCUT2D eigenvalue weighted by Crippen LogP contribution is 2.40. The number of nitrogens with one attached hydrogen (secondary N) is 2. The fraction of sp³-hybridized carbons (Fsp3) is 0.375. The van der Waals surface area contributed by atoms with Gasteiger partial charge in [0.25, 0.3) is 0 Å². The molecular formula is C24H30N4O2S. The van der Waals surface area contributed by atoms with Gasteiger partial charge >= 0.3 is 6.03 Å². The van der Waals surface area contributed by atoms with Crippen LogP contribution in [0.2, 0.25) is 0 Å². The van der Waals surface area contributed by atoms with E-state index < -0.39 is 0 Å². The predicted molar refractivity (Wildman–Crippen MR) is 127 cm³/mol. The second-order valence-corrected chi connectivity index (χ2v) is 9.15. The van der Waals surface area contributed by atoms with Crippen molar-refractivity contribution in [1.29, 1.82) is 0 Å². The van der Waals surface area contributed by atoms with Crippen LogP contribution in [0, 0.1) is 6.92 Å². The Labute approximate surface area is 187 Å². The first-order chi connectivity index (χ1) is 15.0. The van der Waals surface area contributed by atoms with E-state index in [1.807, 2.05) is 48.6 Å². The van der Waals surface area contributed by atoms with Crippen LogP contribution in [0.3, 0.4) is 0 Å². The van der Waals surface area contributed by atoms with E-state index in [1.165, 1.54) is 21.0 Å². The van der Waals surface area contributed by atoms with Crippen LogP contribution < -0.4 is 15.4 Å². The number of nitrogens with zero attached hydrogens (tertiary/aromatic N) is 2. The molecule has 1 aliphatic heterocycles. The van der Waals surface area contributed by atoms with Crippen molar-refractivity contribution in [3.63, 3.8) is 0 Å². The molecule has 2 amide bonds. The normalized spacial score (nSPS) is 14.7. The molecule has 0 fully saturated rings. The lowest BCUT2D eigenvalue weighted by molar-refractivity contribution is 0.248. The number of rotatable bonds is 6. The van der Waals surface area contributed by atoms with Gasteiger partial charge in [0.1, 0.15) is 10.8 Å². The number of anilines is 1. The minimum atomic E-state index is -0.220. The average molecular weight is 439 g/mol. The summed E-state index contributed by atoms with van der Waals surface area (Å²) in [6.45, 7) is 6.11. The van der Waals surface area contributed by atoms with E-state index in [-0.39, 0.29) is 12.1 Å². The molecule has 0 bridgehead atoms. The molecule has 6 nitrogen and oxygen atoms in total. The summed E-state index contributed by atoms with van der Waals surface area (Å²) in [4.78, 5) is 16.7. The zero-order chi connectivity index (χ0) is 22.0.